The van der Waals surface area contributed by atoms with Crippen LogP contribution >= 0.6 is 0 Å². The van der Waals surface area contributed by atoms with Crippen molar-refractivity contribution in [3.63, 3.8) is 0 Å². The molecule has 2 heterocycles. The van der Waals surface area contributed by atoms with Gasteiger partial charge >= 0.3 is 0 Å². The zero-order valence-corrected chi connectivity index (χ0v) is 18.7. The van der Waals surface area contributed by atoms with E-state index in [1.807, 2.05) is 48.5 Å². The molecule has 3 N–H and O–H groups in total. The number of carbonyl (C=O) groups excluding carboxylic acids is 1. The number of methoxy groups -OCH3 is 1. The topological polar surface area (TPSA) is 104 Å². The highest BCUT2D eigenvalue weighted by molar-refractivity contribution is 6.36. The van der Waals surface area contributed by atoms with Gasteiger partial charge in [-0.3, -0.25) is 4.79 Å². The van der Waals surface area contributed by atoms with Gasteiger partial charge in [-0.1, -0.05) is 30.3 Å². The molecule has 1 aromatic heterocycles. The molecule has 33 heavy (non-hydrogen) atoms. The lowest BCUT2D eigenvalue weighted by Crippen LogP contribution is -2.43. The van der Waals surface area contributed by atoms with E-state index in [4.69, 9.17) is 4.74 Å². The third kappa shape index (κ3) is 5.27. The molecule has 4 rings (SSSR count). The molecule has 0 radical (unpaired) electrons. The third-order valence-electron chi connectivity index (χ3n) is 5.32. The molecule has 2 aromatic carbocycles. The van der Waals surface area contributed by atoms with Gasteiger partial charge in [0.25, 0.3) is 0 Å². The summed E-state index contributed by atoms with van der Waals surface area (Å²) in [5.74, 6) is 1.70. The molecule has 170 valence electrons. The van der Waals surface area contributed by atoms with Crippen LogP contribution in [0.25, 0.3) is 0 Å². The van der Waals surface area contributed by atoms with Crippen molar-refractivity contribution in [1.29, 1.82) is 0 Å². The largest absolute Gasteiger partial charge is 0.495 e. The predicted octanol–water partition coefficient (Wildman–Crippen LogP) is 3.00. The second-order valence-corrected chi connectivity index (χ2v) is 7.41. The van der Waals surface area contributed by atoms with Crippen LogP contribution in [0.4, 0.5) is 28.8 Å². The SMILES string of the molecule is CNc1nc(Nc2ccc(N3CCNCC3)c(OC)c2)ncc1/N=C(\C=O)c1ccccc1. The average Bonchev–Trinajstić information content (AvgIpc) is 2.88. The molecular weight excluding hydrogens is 418 g/mol. The van der Waals surface area contributed by atoms with Gasteiger partial charge in [0.15, 0.2) is 12.1 Å². The molecule has 9 heteroatoms. The molecule has 0 atom stereocenters. The van der Waals surface area contributed by atoms with Crippen molar-refractivity contribution < 1.29 is 9.53 Å². The van der Waals surface area contributed by atoms with Crippen molar-refractivity contribution in [1.82, 2.24) is 15.3 Å². The first-order chi connectivity index (χ1) is 16.2. The highest BCUT2D eigenvalue weighted by Crippen LogP contribution is 2.33. The van der Waals surface area contributed by atoms with Crippen molar-refractivity contribution >= 4 is 40.8 Å². The van der Waals surface area contributed by atoms with E-state index in [9.17, 15) is 4.79 Å². The highest BCUT2D eigenvalue weighted by Gasteiger charge is 2.16. The Bertz CT molecular complexity index is 1130. The molecular formula is C24H27N7O2. The number of nitrogens with one attached hydrogen (secondary N) is 3. The van der Waals surface area contributed by atoms with Crippen LogP contribution in [0.3, 0.4) is 0 Å². The van der Waals surface area contributed by atoms with Gasteiger partial charge in [-0.15, -0.1) is 0 Å². The summed E-state index contributed by atoms with van der Waals surface area (Å²) in [6.45, 7) is 3.78. The van der Waals surface area contributed by atoms with E-state index >= 15 is 0 Å². The van der Waals surface area contributed by atoms with Crippen molar-refractivity contribution in [2.45, 2.75) is 0 Å². The fourth-order valence-corrected chi connectivity index (χ4v) is 3.65. The van der Waals surface area contributed by atoms with Crippen molar-refractivity contribution in [2.75, 3.05) is 55.9 Å². The summed E-state index contributed by atoms with van der Waals surface area (Å²) in [7, 11) is 3.42. The third-order valence-corrected chi connectivity index (χ3v) is 5.32. The van der Waals surface area contributed by atoms with E-state index in [-0.39, 0.29) is 0 Å². The predicted molar refractivity (Wildman–Crippen MR) is 132 cm³/mol. The molecule has 0 spiro atoms. The summed E-state index contributed by atoms with van der Waals surface area (Å²) >= 11 is 0. The number of ether oxygens (including phenoxy) is 1. The van der Waals surface area contributed by atoms with E-state index in [1.165, 1.54) is 0 Å². The highest BCUT2D eigenvalue weighted by atomic mass is 16.5. The number of piperazine rings is 1. The summed E-state index contributed by atoms with van der Waals surface area (Å²) in [5.41, 5.74) is 3.38. The van der Waals surface area contributed by atoms with Crippen LogP contribution < -0.4 is 25.6 Å². The van der Waals surface area contributed by atoms with Crippen LogP contribution in [-0.2, 0) is 4.79 Å². The summed E-state index contributed by atoms with van der Waals surface area (Å²) in [6.07, 6.45) is 2.31. The summed E-state index contributed by atoms with van der Waals surface area (Å²) in [5, 5.41) is 9.60. The molecule has 0 unspecified atom stereocenters. The Kier molecular flexibility index (Phi) is 7.11. The molecule has 9 nitrogen and oxygen atoms in total. The van der Waals surface area contributed by atoms with E-state index in [0.717, 1.165) is 55.2 Å². The van der Waals surface area contributed by atoms with Gasteiger partial charge in [0.05, 0.1) is 19.0 Å². The summed E-state index contributed by atoms with van der Waals surface area (Å²) < 4.78 is 5.63. The number of aldehydes is 1. The standard InChI is InChI=1S/C24H27N7O2/c1-25-23-19(29-20(16-32)17-6-4-3-5-7-17)15-27-24(30-23)28-18-8-9-21(22(14-18)33-2)31-12-10-26-11-13-31/h3-9,14-16,26H,10-13H2,1-2H3,(H2,25,27,28,30)/b29-20+. The number of nitrogens with zero attached hydrogens (tertiary/aromatic N) is 4. The van der Waals surface area contributed by atoms with Crippen LogP contribution in [-0.4, -0.2) is 62.3 Å². The van der Waals surface area contributed by atoms with E-state index < -0.39 is 0 Å². The number of anilines is 4. The summed E-state index contributed by atoms with van der Waals surface area (Å²) in [6, 6.07) is 15.2. The van der Waals surface area contributed by atoms with Gasteiger partial charge in [0, 0.05) is 50.5 Å². The first-order valence-corrected chi connectivity index (χ1v) is 10.8. The zero-order valence-electron chi connectivity index (χ0n) is 18.7. The first kappa shape index (κ1) is 22.2. The second kappa shape index (κ2) is 10.6. The molecule has 1 saturated heterocycles. The fourth-order valence-electron chi connectivity index (χ4n) is 3.65. The Balaban J connectivity index is 1.57. The number of hydrogen-bond acceptors (Lipinski definition) is 9. The minimum Gasteiger partial charge on any atom is -0.495 e. The molecule has 0 bridgehead atoms. The Morgan fingerprint density at radius 1 is 1.18 bits per heavy atom. The molecule has 3 aromatic rings. The Labute approximate surface area is 192 Å². The minimum atomic E-state index is 0.310. The van der Waals surface area contributed by atoms with Crippen molar-refractivity contribution in [3.8, 4) is 5.75 Å². The van der Waals surface area contributed by atoms with Gasteiger partial charge in [-0.05, 0) is 12.1 Å². The maximum absolute atomic E-state index is 11.6. The van der Waals surface area contributed by atoms with E-state index in [0.29, 0.717) is 23.2 Å². The zero-order chi connectivity index (χ0) is 23.0. The van der Waals surface area contributed by atoms with Crippen LogP contribution in [0.2, 0.25) is 0 Å². The smallest absolute Gasteiger partial charge is 0.229 e. The van der Waals surface area contributed by atoms with E-state index in [2.05, 4.69) is 35.8 Å². The van der Waals surface area contributed by atoms with Gasteiger partial charge in [-0.25, -0.2) is 9.98 Å². The lowest BCUT2D eigenvalue weighted by Gasteiger charge is -2.30. The van der Waals surface area contributed by atoms with Crippen LogP contribution in [0, 0.1) is 0 Å². The minimum absolute atomic E-state index is 0.310. The lowest BCUT2D eigenvalue weighted by molar-refractivity contribution is -0.102. The van der Waals surface area contributed by atoms with Crippen LogP contribution in [0.1, 0.15) is 5.56 Å². The Morgan fingerprint density at radius 2 is 1.97 bits per heavy atom. The fraction of sp³-hybridized carbons (Fsp3) is 0.250. The Hall–Kier alpha value is -3.98. The maximum atomic E-state index is 11.6. The van der Waals surface area contributed by atoms with Crippen LogP contribution in [0.5, 0.6) is 5.75 Å². The summed E-state index contributed by atoms with van der Waals surface area (Å²) in [4.78, 5) is 27.3. The number of aromatic nitrogens is 2. The number of aliphatic imine (C=N–C) groups is 1. The van der Waals surface area contributed by atoms with E-state index in [1.54, 1.807) is 20.4 Å². The monoisotopic (exact) mass is 445 g/mol. The van der Waals surface area contributed by atoms with Gasteiger partial charge in [0.1, 0.15) is 17.1 Å². The molecule has 1 fully saturated rings. The maximum Gasteiger partial charge on any atom is 0.229 e. The Morgan fingerprint density at radius 3 is 2.67 bits per heavy atom. The average molecular weight is 446 g/mol. The van der Waals surface area contributed by atoms with Crippen molar-refractivity contribution in [2.24, 2.45) is 4.99 Å². The normalized spacial score (nSPS) is 14.0. The lowest BCUT2D eigenvalue weighted by atomic mass is 10.1. The molecule has 1 aliphatic heterocycles. The van der Waals surface area contributed by atoms with Gasteiger partial charge < -0.3 is 25.6 Å². The first-order valence-electron chi connectivity index (χ1n) is 10.8. The van der Waals surface area contributed by atoms with Gasteiger partial charge in [-0.2, -0.15) is 4.98 Å². The number of hydrogen-bond donors (Lipinski definition) is 3. The molecule has 0 saturated carbocycles. The molecule has 0 amide bonds. The number of carbonyl (C=O) groups is 1. The number of benzene rings is 2. The van der Waals surface area contributed by atoms with Crippen LogP contribution in [0.15, 0.2) is 59.7 Å². The molecule has 1 aliphatic rings. The number of rotatable bonds is 8. The second-order valence-electron chi connectivity index (χ2n) is 7.41. The molecule has 0 aliphatic carbocycles. The van der Waals surface area contributed by atoms with Crippen molar-refractivity contribution in [3.05, 3.63) is 60.3 Å². The quantitative estimate of drug-likeness (QED) is 0.359. The van der Waals surface area contributed by atoms with Gasteiger partial charge in [0.2, 0.25) is 5.95 Å².